The van der Waals surface area contributed by atoms with Crippen LogP contribution in [0.3, 0.4) is 0 Å². The summed E-state index contributed by atoms with van der Waals surface area (Å²) in [5.74, 6) is 0. The van der Waals surface area contributed by atoms with E-state index in [4.69, 9.17) is 21.5 Å². The first-order valence-electron chi connectivity index (χ1n) is 5.13. The van der Waals surface area contributed by atoms with Crippen molar-refractivity contribution in [1.29, 1.82) is 0 Å². The first-order valence-corrected chi connectivity index (χ1v) is 7.06. The van der Waals surface area contributed by atoms with Gasteiger partial charge in [0.1, 0.15) is 0 Å². The van der Waals surface area contributed by atoms with E-state index >= 15 is 0 Å². The minimum Gasteiger partial charge on any atom is -0.379 e. The van der Waals surface area contributed by atoms with Gasteiger partial charge in [-0.3, -0.25) is 0 Å². The standard InChI is InChI=1S/C10H13ClN2O3S/c11-9-2-1-8(17(12,14)15)5-10(9)13-7-3-4-16-6-7/h1-2,5,7,13H,3-4,6H2,(H2,12,14,15). The molecule has 0 spiro atoms. The number of primary sulfonamides is 1. The SMILES string of the molecule is NS(=O)(=O)c1ccc(Cl)c(NC2CCOC2)c1. The average Bonchev–Trinajstić information content (AvgIpc) is 2.72. The molecule has 17 heavy (non-hydrogen) atoms. The van der Waals surface area contributed by atoms with Crippen molar-refractivity contribution in [2.24, 2.45) is 5.14 Å². The van der Waals surface area contributed by atoms with Crippen LogP contribution in [0.2, 0.25) is 5.02 Å². The number of ether oxygens (including phenoxy) is 1. The van der Waals surface area contributed by atoms with E-state index in [0.29, 0.717) is 23.9 Å². The molecule has 5 nitrogen and oxygen atoms in total. The molecule has 1 aliphatic heterocycles. The summed E-state index contributed by atoms with van der Waals surface area (Å²) < 4.78 is 27.6. The number of sulfonamides is 1. The van der Waals surface area contributed by atoms with Crippen molar-refractivity contribution in [1.82, 2.24) is 0 Å². The molecule has 0 saturated carbocycles. The van der Waals surface area contributed by atoms with Crippen molar-refractivity contribution in [2.75, 3.05) is 18.5 Å². The van der Waals surface area contributed by atoms with Crippen LogP contribution in [0.5, 0.6) is 0 Å². The number of anilines is 1. The molecule has 2 rings (SSSR count). The summed E-state index contributed by atoms with van der Waals surface area (Å²) in [5.41, 5.74) is 0.564. The number of nitrogens with two attached hydrogens (primary N) is 1. The van der Waals surface area contributed by atoms with Gasteiger partial charge in [0.15, 0.2) is 0 Å². The molecule has 0 aromatic heterocycles. The molecular weight excluding hydrogens is 264 g/mol. The minimum absolute atomic E-state index is 0.0447. The summed E-state index contributed by atoms with van der Waals surface area (Å²) in [5, 5.41) is 8.67. The van der Waals surface area contributed by atoms with Gasteiger partial charge in [-0.05, 0) is 24.6 Å². The third kappa shape index (κ3) is 3.10. The van der Waals surface area contributed by atoms with Crippen molar-refractivity contribution in [3.05, 3.63) is 23.2 Å². The highest BCUT2D eigenvalue weighted by Gasteiger charge is 2.17. The van der Waals surface area contributed by atoms with Gasteiger partial charge in [-0.25, -0.2) is 13.6 Å². The van der Waals surface area contributed by atoms with Gasteiger partial charge in [-0.1, -0.05) is 11.6 Å². The van der Waals surface area contributed by atoms with Gasteiger partial charge >= 0.3 is 0 Å². The Morgan fingerprint density at radius 2 is 2.24 bits per heavy atom. The van der Waals surface area contributed by atoms with Gasteiger partial charge in [0.05, 0.1) is 28.3 Å². The third-order valence-corrected chi connectivity index (χ3v) is 3.80. The van der Waals surface area contributed by atoms with E-state index in [1.54, 1.807) is 0 Å². The van der Waals surface area contributed by atoms with Crippen molar-refractivity contribution in [3.8, 4) is 0 Å². The van der Waals surface area contributed by atoms with Crippen LogP contribution in [0, 0.1) is 0 Å². The van der Waals surface area contributed by atoms with Crippen LogP contribution >= 0.6 is 11.6 Å². The fraction of sp³-hybridized carbons (Fsp3) is 0.400. The van der Waals surface area contributed by atoms with Crippen LogP contribution in [-0.2, 0) is 14.8 Å². The fourth-order valence-corrected chi connectivity index (χ4v) is 2.37. The number of hydrogen-bond donors (Lipinski definition) is 2. The zero-order valence-electron chi connectivity index (χ0n) is 9.02. The lowest BCUT2D eigenvalue weighted by atomic mass is 10.2. The van der Waals surface area contributed by atoms with Crippen molar-refractivity contribution in [2.45, 2.75) is 17.4 Å². The third-order valence-electron chi connectivity index (χ3n) is 2.56. The lowest BCUT2D eigenvalue weighted by Crippen LogP contribution is -2.20. The van der Waals surface area contributed by atoms with E-state index in [1.165, 1.54) is 18.2 Å². The number of nitrogens with one attached hydrogen (secondary N) is 1. The second-order valence-corrected chi connectivity index (χ2v) is 5.86. The largest absolute Gasteiger partial charge is 0.379 e. The van der Waals surface area contributed by atoms with Crippen molar-refractivity contribution < 1.29 is 13.2 Å². The Hall–Kier alpha value is -0.820. The average molecular weight is 277 g/mol. The van der Waals surface area contributed by atoms with E-state index in [-0.39, 0.29) is 10.9 Å². The van der Waals surface area contributed by atoms with Gasteiger partial charge in [0.25, 0.3) is 0 Å². The Kier molecular flexibility index (Phi) is 3.58. The second kappa shape index (κ2) is 4.81. The second-order valence-electron chi connectivity index (χ2n) is 3.89. The van der Waals surface area contributed by atoms with Crippen LogP contribution in [-0.4, -0.2) is 27.7 Å². The number of rotatable bonds is 3. The maximum atomic E-state index is 11.2. The number of halogens is 1. The molecule has 1 saturated heterocycles. The fourth-order valence-electron chi connectivity index (χ4n) is 1.66. The van der Waals surface area contributed by atoms with Gasteiger partial charge < -0.3 is 10.1 Å². The highest BCUT2D eigenvalue weighted by atomic mass is 35.5. The van der Waals surface area contributed by atoms with E-state index in [1.807, 2.05) is 0 Å². The molecule has 3 N–H and O–H groups in total. The number of hydrogen-bond acceptors (Lipinski definition) is 4. The van der Waals surface area contributed by atoms with E-state index in [2.05, 4.69) is 5.32 Å². The molecule has 0 bridgehead atoms. The molecule has 0 aliphatic carbocycles. The normalized spacial score (nSPS) is 20.5. The summed E-state index contributed by atoms with van der Waals surface area (Å²) >= 11 is 5.99. The Bertz CT molecular complexity index is 512. The highest BCUT2D eigenvalue weighted by Crippen LogP contribution is 2.26. The molecule has 1 aromatic carbocycles. The molecule has 1 heterocycles. The highest BCUT2D eigenvalue weighted by molar-refractivity contribution is 7.89. The Morgan fingerprint density at radius 1 is 1.47 bits per heavy atom. The topological polar surface area (TPSA) is 81.4 Å². The Morgan fingerprint density at radius 3 is 2.82 bits per heavy atom. The van der Waals surface area contributed by atoms with E-state index < -0.39 is 10.0 Å². The quantitative estimate of drug-likeness (QED) is 0.869. The number of benzene rings is 1. The lowest BCUT2D eigenvalue weighted by Gasteiger charge is -2.14. The van der Waals surface area contributed by atoms with Gasteiger partial charge in [0.2, 0.25) is 10.0 Å². The maximum absolute atomic E-state index is 11.2. The summed E-state index contributed by atoms with van der Waals surface area (Å²) in [7, 11) is -3.71. The maximum Gasteiger partial charge on any atom is 0.238 e. The molecule has 0 amide bonds. The zero-order chi connectivity index (χ0) is 12.5. The molecule has 1 unspecified atom stereocenters. The molecule has 1 aromatic rings. The van der Waals surface area contributed by atoms with Crippen LogP contribution in [0.4, 0.5) is 5.69 Å². The summed E-state index contributed by atoms with van der Waals surface area (Å²) in [6.07, 6.45) is 0.871. The van der Waals surface area contributed by atoms with Crippen LogP contribution in [0.1, 0.15) is 6.42 Å². The summed E-state index contributed by atoms with van der Waals surface area (Å²) in [4.78, 5) is 0.0447. The monoisotopic (exact) mass is 276 g/mol. The zero-order valence-corrected chi connectivity index (χ0v) is 10.6. The lowest BCUT2D eigenvalue weighted by molar-refractivity contribution is 0.195. The van der Waals surface area contributed by atoms with Crippen LogP contribution < -0.4 is 10.5 Å². The molecule has 1 atom stereocenters. The van der Waals surface area contributed by atoms with Crippen molar-refractivity contribution in [3.63, 3.8) is 0 Å². The Labute approximate surface area is 105 Å². The van der Waals surface area contributed by atoms with E-state index in [9.17, 15) is 8.42 Å². The molecular formula is C10H13ClN2O3S. The predicted octanol–water partition coefficient (Wildman–Crippen LogP) is 1.19. The van der Waals surface area contributed by atoms with Gasteiger partial charge in [-0.15, -0.1) is 0 Å². The smallest absolute Gasteiger partial charge is 0.238 e. The first-order chi connectivity index (χ1) is 7.97. The molecule has 1 aliphatic rings. The molecule has 7 heteroatoms. The summed E-state index contributed by atoms with van der Waals surface area (Å²) in [6.45, 7) is 1.29. The first kappa shape index (κ1) is 12.6. The van der Waals surface area contributed by atoms with Gasteiger partial charge in [-0.2, -0.15) is 0 Å². The minimum atomic E-state index is -3.71. The van der Waals surface area contributed by atoms with Crippen LogP contribution in [0.15, 0.2) is 23.1 Å². The van der Waals surface area contributed by atoms with Gasteiger partial charge in [0, 0.05) is 6.61 Å². The molecule has 0 radical (unpaired) electrons. The molecule has 94 valence electrons. The summed E-state index contributed by atoms with van der Waals surface area (Å²) in [6, 6.07) is 4.49. The van der Waals surface area contributed by atoms with Crippen molar-refractivity contribution >= 4 is 27.3 Å². The van der Waals surface area contributed by atoms with Crippen LogP contribution in [0.25, 0.3) is 0 Å². The molecule has 1 fully saturated rings. The predicted molar refractivity (Wildman–Crippen MR) is 65.7 cm³/mol. The Balaban J connectivity index is 2.26. The van der Waals surface area contributed by atoms with E-state index in [0.717, 1.165) is 6.42 Å².